The van der Waals surface area contributed by atoms with E-state index in [-0.39, 0.29) is 35.7 Å². The lowest BCUT2D eigenvalue weighted by Gasteiger charge is -2.43. The number of aliphatic hydroxyl groups excluding tert-OH is 3. The van der Waals surface area contributed by atoms with E-state index in [2.05, 4.69) is 46.5 Å². The van der Waals surface area contributed by atoms with Crippen molar-refractivity contribution in [3.05, 3.63) is 54.6 Å². The zero-order chi connectivity index (χ0) is 42.3. The minimum Gasteiger partial charge on any atom is -0.394 e. The monoisotopic (exact) mass is 808 g/mol. The van der Waals surface area contributed by atoms with Gasteiger partial charge in [0.15, 0.2) is 24.2 Å². The number of aliphatic hydroxyl groups is 3. The molecule has 21 nitrogen and oxygen atoms in total. The van der Waals surface area contributed by atoms with Gasteiger partial charge in [0.2, 0.25) is 17.7 Å². The molecule has 0 unspecified atom stereocenters. The summed E-state index contributed by atoms with van der Waals surface area (Å²) in [7, 11) is 3.65. The number of aromatic amines is 1. The van der Waals surface area contributed by atoms with Gasteiger partial charge in [0.25, 0.3) is 17.7 Å². The molecule has 0 spiro atoms. The zero-order valence-electron chi connectivity index (χ0n) is 32.7. The average Bonchev–Trinajstić information content (AvgIpc) is 3.78. The lowest BCUT2D eigenvalue weighted by Crippen LogP contribution is -2.66. The third-order valence-electron chi connectivity index (χ3n) is 9.64. The van der Waals surface area contributed by atoms with Crippen LogP contribution in [-0.2, 0) is 40.0 Å². The number of imide groups is 1. The first-order chi connectivity index (χ1) is 27.5. The van der Waals surface area contributed by atoms with Crippen molar-refractivity contribution in [3.63, 3.8) is 0 Å². The van der Waals surface area contributed by atoms with Gasteiger partial charge in [0.1, 0.15) is 48.8 Å². The van der Waals surface area contributed by atoms with Gasteiger partial charge < -0.3 is 56.1 Å². The number of fused-ring (bicyclic) bond motifs is 1. The number of carbonyl (C=O) groups excluding carboxylic acids is 6. The van der Waals surface area contributed by atoms with Crippen LogP contribution in [0.2, 0.25) is 0 Å². The van der Waals surface area contributed by atoms with E-state index >= 15 is 0 Å². The Balaban J connectivity index is 1.08. The molecule has 9 N–H and O–H groups in total. The Morgan fingerprint density at radius 2 is 1.62 bits per heavy atom. The number of likely N-dealkylation sites (N-methyl/N-ethyl adjacent to an activating group) is 1. The summed E-state index contributed by atoms with van der Waals surface area (Å²) in [5, 5.41) is 45.6. The van der Waals surface area contributed by atoms with Gasteiger partial charge in [-0.2, -0.15) is 0 Å². The zero-order valence-corrected chi connectivity index (χ0v) is 32.7. The fourth-order valence-corrected chi connectivity index (χ4v) is 6.56. The summed E-state index contributed by atoms with van der Waals surface area (Å²) >= 11 is 0. The highest BCUT2D eigenvalue weighted by Gasteiger charge is 2.46. The largest absolute Gasteiger partial charge is 0.394 e. The summed E-state index contributed by atoms with van der Waals surface area (Å²) in [5.41, 5.74) is 2.10. The van der Waals surface area contributed by atoms with Crippen LogP contribution in [0, 0.1) is 5.92 Å². The second-order valence-corrected chi connectivity index (χ2v) is 15.2. The van der Waals surface area contributed by atoms with Gasteiger partial charge in [-0.25, -0.2) is 15.0 Å². The Labute approximate surface area is 333 Å². The molecular weight excluding hydrogens is 758 g/mol. The number of aromatic nitrogens is 4. The number of benzene rings is 1. The second kappa shape index (κ2) is 18.6. The maximum absolute atomic E-state index is 13.2. The van der Waals surface area contributed by atoms with E-state index in [0.29, 0.717) is 23.4 Å². The Hall–Kier alpha value is -5.87. The van der Waals surface area contributed by atoms with Crippen molar-refractivity contribution in [2.24, 2.45) is 5.92 Å². The number of carbonyl (C=O) groups is 6. The van der Waals surface area contributed by atoms with E-state index < -0.39 is 84.7 Å². The Bertz CT molecular complexity index is 2000. The van der Waals surface area contributed by atoms with Crippen LogP contribution in [0.5, 0.6) is 0 Å². The SMILES string of the molecule is CC(C)[C@H](NC(=O)CCN1C(=O)C=CC1=O)C(=O)N[C@@H](C)C(=O)Nc1ccc(C[N+](C)(C)CC(=O)N[C@@H]2[C@@H](O)[C@H](O)[C@@H](Nc3ncnc4nc[nH]c34)O[C@H]2CO)cc1. The van der Waals surface area contributed by atoms with Gasteiger partial charge >= 0.3 is 0 Å². The predicted octanol–water partition coefficient (Wildman–Crippen LogP) is -2.14. The van der Waals surface area contributed by atoms with Crippen LogP contribution in [0.25, 0.3) is 11.2 Å². The molecule has 1 aromatic carbocycles. The number of rotatable bonds is 17. The molecule has 2 aliphatic rings. The molecule has 2 aromatic heterocycles. The molecular formula is C37H50N11O10+. The molecule has 21 heteroatoms. The van der Waals surface area contributed by atoms with Crippen LogP contribution in [0.1, 0.15) is 32.8 Å². The van der Waals surface area contributed by atoms with Crippen LogP contribution in [-0.4, -0.2) is 157 Å². The van der Waals surface area contributed by atoms with Crippen LogP contribution in [0.4, 0.5) is 11.5 Å². The molecule has 58 heavy (non-hydrogen) atoms. The molecule has 0 saturated carbocycles. The lowest BCUT2D eigenvalue weighted by atomic mass is 9.95. The molecule has 1 saturated heterocycles. The first kappa shape index (κ1) is 43.3. The number of hydrogen-bond donors (Lipinski definition) is 9. The molecule has 3 aromatic rings. The summed E-state index contributed by atoms with van der Waals surface area (Å²) in [5.74, 6) is -3.18. The number of nitrogens with zero attached hydrogens (tertiary/aromatic N) is 5. The summed E-state index contributed by atoms with van der Waals surface area (Å²) < 4.78 is 6.02. The quantitative estimate of drug-likeness (QED) is 0.0520. The van der Waals surface area contributed by atoms with Crippen molar-refractivity contribution < 1.29 is 53.3 Å². The van der Waals surface area contributed by atoms with Crippen LogP contribution >= 0.6 is 0 Å². The van der Waals surface area contributed by atoms with Gasteiger partial charge in [-0.1, -0.05) is 26.0 Å². The van der Waals surface area contributed by atoms with Gasteiger partial charge in [0, 0.05) is 36.4 Å². The van der Waals surface area contributed by atoms with E-state index in [1.54, 1.807) is 38.1 Å². The maximum Gasteiger partial charge on any atom is 0.275 e. The topological polar surface area (TPSA) is 290 Å². The molecule has 2 aliphatic heterocycles. The number of H-pyrrole nitrogens is 1. The molecule has 7 atom stereocenters. The number of anilines is 2. The van der Waals surface area contributed by atoms with Crippen molar-refractivity contribution in [1.82, 2.24) is 40.8 Å². The van der Waals surface area contributed by atoms with Gasteiger partial charge in [0.05, 0.1) is 33.1 Å². The molecule has 0 aliphatic carbocycles. The second-order valence-electron chi connectivity index (χ2n) is 15.2. The number of quaternary nitrogens is 1. The summed E-state index contributed by atoms with van der Waals surface area (Å²) in [6.45, 7) is 4.61. The third-order valence-corrected chi connectivity index (χ3v) is 9.64. The first-order valence-corrected chi connectivity index (χ1v) is 18.6. The minimum atomic E-state index is -1.51. The van der Waals surface area contributed by atoms with Crippen LogP contribution in [0.3, 0.4) is 0 Å². The summed E-state index contributed by atoms with van der Waals surface area (Å²) in [6.07, 6.45) is -0.517. The number of ether oxygens (including phenoxy) is 1. The Morgan fingerprint density at radius 1 is 0.931 bits per heavy atom. The summed E-state index contributed by atoms with van der Waals surface area (Å²) in [6, 6.07) is 3.83. The normalized spacial score (nSPS) is 21.8. The van der Waals surface area contributed by atoms with E-state index in [4.69, 9.17) is 4.74 Å². The van der Waals surface area contributed by atoms with E-state index in [1.165, 1.54) is 19.6 Å². The molecule has 1 fully saturated rings. The first-order valence-electron chi connectivity index (χ1n) is 18.6. The highest BCUT2D eigenvalue weighted by molar-refractivity contribution is 6.13. The standard InChI is InChI=1S/C37H49N11O10/c1-19(2)28(44-24(50)12-13-47-26(52)10-11-27(47)53)36(57)42-20(3)35(56)43-22-8-6-21(7-9-22)14-48(4,5)15-25(51)45-29-23(16-49)58-37(32(55)31(29)54)46-34-30-33(39-17-38-30)40-18-41-34/h6-11,17-20,23,28-29,31-32,37,49,54-55H,12-16H2,1-5H3,(H5-,38,39,40,41,42,43,44,45,46,50,51,52,53,56,57)/p+1/t20-,23-,28-,29-,31+,32-,37-/m0/s1. The van der Waals surface area contributed by atoms with Gasteiger partial charge in [-0.3, -0.25) is 33.7 Å². The molecule has 312 valence electrons. The highest BCUT2D eigenvalue weighted by atomic mass is 16.5. The predicted molar refractivity (Wildman–Crippen MR) is 206 cm³/mol. The Morgan fingerprint density at radius 3 is 2.28 bits per heavy atom. The number of hydrogen-bond acceptors (Lipinski definition) is 14. The number of amides is 6. The van der Waals surface area contributed by atoms with Gasteiger partial charge in [-0.15, -0.1) is 0 Å². The van der Waals surface area contributed by atoms with Crippen LogP contribution in [0.15, 0.2) is 49.1 Å². The summed E-state index contributed by atoms with van der Waals surface area (Å²) in [4.78, 5) is 91.4. The molecule has 5 rings (SSSR count). The van der Waals surface area contributed by atoms with Crippen molar-refractivity contribution in [2.45, 2.75) is 76.4 Å². The maximum atomic E-state index is 13.2. The van der Waals surface area contributed by atoms with Crippen molar-refractivity contribution in [1.29, 1.82) is 0 Å². The number of nitrogens with one attached hydrogen (secondary N) is 6. The molecule has 0 radical (unpaired) electrons. The molecule has 6 amide bonds. The number of imidazole rings is 1. The van der Waals surface area contributed by atoms with E-state index in [9.17, 15) is 44.1 Å². The van der Waals surface area contributed by atoms with E-state index in [0.717, 1.165) is 22.6 Å². The Kier molecular flexibility index (Phi) is 13.9. The minimum absolute atomic E-state index is 0.0410. The third kappa shape index (κ3) is 10.7. The van der Waals surface area contributed by atoms with Crippen molar-refractivity contribution >= 4 is 58.1 Å². The highest BCUT2D eigenvalue weighted by Crippen LogP contribution is 2.25. The van der Waals surface area contributed by atoms with Crippen molar-refractivity contribution in [2.75, 3.05) is 44.4 Å². The molecule has 0 bridgehead atoms. The van der Waals surface area contributed by atoms with Crippen molar-refractivity contribution in [3.8, 4) is 0 Å². The smallest absolute Gasteiger partial charge is 0.275 e. The lowest BCUT2D eigenvalue weighted by molar-refractivity contribution is -0.895. The molecule has 4 heterocycles. The average molecular weight is 809 g/mol. The van der Waals surface area contributed by atoms with Gasteiger partial charge in [-0.05, 0) is 25.0 Å². The van der Waals surface area contributed by atoms with E-state index in [1.807, 2.05) is 14.1 Å². The fourth-order valence-electron chi connectivity index (χ4n) is 6.56. The fraction of sp³-hybridized carbons (Fsp3) is 0.486. The van der Waals surface area contributed by atoms with Crippen LogP contribution < -0.4 is 26.6 Å².